The van der Waals surface area contributed by atoms with Crippen LogP contribution >= 0.6 is 0 Å². The van der Waals surface area contributed by atoms with Crippen LogP contribution in [0.25, 0.3) is 0 Å². The maximum Gasteiger partial charge on any atom is 0.285 e. The molecule has 0 bridgehead atoms. The van der Waals surface area contributed by atoms with Crippen molar-refractivity contribution in [1.82, 2.24) is 15.6 Å². The summed E-state index contributed by atoms with van der Waals surface area (Å²) in [4.78, 5) is 12.0. The smallest absolute Gasteiger partial charge is 0.285 e. The molecule has 29 heavy (non-hydrogen) atoms. The number of hydrogen-bond acceptors (Lipinski definition) is 7. The Morgan fingerprint density at radius 2 is 2.03 bits per heavy atom. The van der Waals surface area contributed by atoms with Crippen LogP contribution in [-0.4, -0.2) is 40.3 Å². The Morgan fingerprint density at radius 3 is 2.76 bits per heavy atom. The van der Waals surface area contributed by atoms with Gasteiger partial charge in [-0.25, -0.2) is 9.02 Å². The molecule has 3 aromatic rings. The fraction of sp³-hybridized carbons (Fsp3) is 0.200. The third kappa shape index (κ3) is 5.16. The first-order valence-corrected chi connectivity index (χ1v) is 8.83. The molecule has 0 saturated heterocycles. The minimum atomic E-state index is -0.319. The van der Waals surface area contributed by atoms with Crippen LogP contribution in [0.1, 0.15) is 27.2 Å². The minimum absolute atomic E-state index is 0.0330. The second-order valence-corrected chi connectivity index (χ2v) is 6.20. The minimum Gasteiger partial charge on any atom is -0.472 e. The van der Waals surface area contributed by atoms with Gasteiger partial charge in [-0.3, -0.25) is 4.79 Å². The molecule has 150 valence electrons. The lowest BCUT2D eigenvalue weighted by atomic mass is 10.0. The molecule has 3 rings (SSSR count). The fourth-order valence-electron chi connectivity index (χ4n) is 2.63. The summed E-state index contributed by atoms with van der Waals surface area (Å²) in [5, 5.41) is 22.7. The lowest BCUT2D eigenvalue weighted by Crippen LogP contribution is -2.28. The molecule has 0 saturated carbocycles. The summed E-state index contributed by atoms with van der Waals surface area (Å²) in [6.45, 7) is 1.97. The molecule has 2 aromatic carbocycles. The van der Waals surface area contributed by atoms with E-state index in [9.17, 15) is 14.4 Å². The highest BCUT2D eigenvalue weighted by molar-refractivity contribution is 6.01. The highest BCUT2D eigenvalue weighted by atomic mass is 19.1. The monoisotopic (exact) mass is 398 g/mol. The fourth-order valence-corrected chi connectivity index (χ4v) is 2.63. The van der Waals surface area contributed by atoms with Gasteiger partial charge in [0.25, 0.3) is 11.8 Å². The van der Waals surface area contributed by atoms with Crippen LogP contribution in [0.5, 0.6) is 5.88 Å². The van der Waals surface area contributed by atoms with E-state index in [0.717, 1.165) is 5.56 Å². The van der Waals surface area contributed by atoms with Crippen molar-refractivity contribution in [3.8, 4) is 5.88 Å². The summed E-state index contributed by atoms with van der Waals surface area (Å²) in [5.41, 5.74) is 2.02. The van der Waals surface area contributed by atoms with Gasteiger partial charge < -0.3 is 15.3 Å². The van der Waals surface area contributed by atoms with Crippen molar-refractivity contribution in [2.75, 3.05) is 13.2 Å². The first-order valence-electron chi connectivity index (χ1n) is 8.83. The average molecular weight is 398 g/mol. The molecule has 1 heterocycles. The number of rotatable bonds is 8. The van der Waals surface area contributed by atoms with Gasteiger partial charge in [0.15, 0.2) is 5.69 Å². The number of aryl methyl sites for hydroxylation is 1. The number of halogens is 1. The van der Waals surface area contributed by atoms with Crippen LogP contribution in [0.4, 0.5) is 4.39 Å². The number of benzene rings is 2. The Kier molecular flexibility index (Phi) is 6.51. The van der Waals surface area contributed by atoms with Crippen molar-refractivity contribution < 1.29 is 23.8 Å². The van der Waals surface area contributed by atoms with E-state index in [1.807, 2.05) is 6.07 Å². The standard InChI is InChI=1S/C20H19FN4O4/c1-13-11-14(7-8-16(13)21)12-17(23-27)18-20(25-29-24-18)28-10-9-22-19(26)15-5-3-2-4-6-15/h2-8,11,27H,9-10,12H2,1H3,(H,22,26)/b23-17+. The highest BCUT2D eigenvalue weighted by Gasteiger charge is 2.19. The van der Waals surface area contributed by atoms with E-state index in [1.165, 1.54) is 6.07 Å². The summed E-state index contributed by atoms with van der Waals surface area (Å²) < 4.78 is 23.6. The number of nitrogens with one attached hydrogen (secondary N) is 1. The second kappa shape index (κ2) is 9.45. The number of nitrogens with zero attached hydrogens (tertiary/aromatic N) is 3. The van der Waals surface area contributed by atoms with Crippen LogP contribution in [0.15, 0.2) is 58.3 Å². The normalized spacial score (nSPS) is 11.3. The Morgan fingerprint density at radius 1 is 1.24 bits per heavy atom. The van der Waals surface area contributed by atoms with Gasteiger partial charge in [-0.2, -0.15) is 0 Å². The summed E-state index contributed by atoms with van der Waals surface area (Å²) in [7, 11) is 0. The van der Waals surface area contributed by atoms with Gasteiger partial charge in [0, 0.05) is 12.0 Å². The first-order chi connectivity index (χ1) is 14.1. The summed E-state index contributed by atoms with van der Waals surface area (Å²) in [5.74, 6) is -0.511. The van der Waals surface area contributed by atoms with E-state index in [2.05, 4.69) is 20.8 Å². The Balaban J connectivity index is 1.57. The predicted molar refractivity (Wildman–Crippen MR) is 102 cm³/mol. The molecule has 0 fully saturated rings. The van der Waals surface area contributed by atoms with Gasteiger partial charge in [-0.15, -0.1) is 0 Å². The molecule has 0 aliphatic rings. The molecule has 0 radical (unpaired) electrons. The molecular weight excluding hydrogens is 379 g/mol. The van der Waals surface area contributed by atoms with Crippen molar-refractivity contribution in [3.05, 3.63) is 76.7 Å². The van der Waals surface area contributed by atoms with Crippen LogP contribution < -0.4 is 10.1 Å². The average Bonchev–Trinajstić information content (AvgIpc) is 3.20. The van der Waals surface area contributed by atoms with E-state index in [-0.39, 0.29) is 48.6 Å². The molecule has 2 N–H and O–H groups in total. The molecule has 0 aliphatic heterocycles. The Hall–Kier alpha value is -3.75. The highest BCUT2D eigenvalue weighted by Crippen LogP contribution is 2.18. The second-order valence-electron chi connectivity index (χ2n) is 6.20. The van der Waals surface area contributed by atoms with Crippen molar-refractivity contribution in [1.29, 1.82) is 0 Å². The Bertz CT molecular complexity index is 1000. The zero-order chi connectivity index (χ0) is 20.6. The molecule has 0 unspecified atom stereocenters. The zero-order valence-corrected chi connectivity index (χ0v) is 15.6. The molecule has 9 heteroatoms. The number of hydrogen-bond donors (Lipinski definition) is 2. The summed E-state index contributed by atoms with van der Waals surface area (Å²) in [6, 6.07) is 13.4. The number of oxime groups is 1. The Labute approximate surface area is 166 Å². The zero-order valence-electron chi connectivity index (χ0n) is 15.6. The molecule has 8 nitrogen and oxygen atoms in total. The van der Waals surface area contributed by atoms with E-state index >= 15 is 0 Å². The van der Waals surface area contributed by atoms with Gasteiger partial charge in [-0.1, -0.05) is 35.5 Å². The summed E-state index contributed by atoms with van der Waals surface area (Å²) in [6.07, 6.45) is 0.174. The maximum atomic E-state index is 13.4. The van der Waals surface area contributed by atoms with Gasteiger partial charge in [-0.05, 0) is 46.6 Å². The molecule has 1 amide bonds. The van der Waals surface area contributed by atoms with Crippen LogP contribution in [0.2, 0.25) is 0 Å². The van der Waals surface area contributed by atoms with Crippen molar-refractivity contribution >= 4 is 11.6 Å². The molecule has 0 atom stereocenters. The molecule has 1 aromatic heterocycles. The van der Waals surface area contributed by atoms with Gasteiger partial charge in [0.05, 0.1) is 6.54 Å². The van der Waals surface area contributed by atoms with Crippen molar-refractivity contribution in [3.63, 3.8) is 0 Å². The van der Waals surface area contributed by atoms with Crippen LogP contribution in [0.3, 0.4) is 0 Å². The first kappa shape index (κ1) is 20.0. The largest absolute Gasteiger partial charge is 0.472 e. The van der Waals surface area contributed by atoms with Crippen LogP contribution in [-0.2, 0) is 6.42 Å². The lowest BCUT2D eigenvalue weighted by Gasteiger charge is -2.07. The molecule has 0 aliphatic carbocycles. The van der Waals surface area contributed by atoms with Gasteiger partial charge in [0.2, 0.25) is 0 Å². The predicted octanol–water partition coefficient (Wildman–Crippen LogP) is 2.75. The number of aromatic nitrogens is 2. The van der Waals surface area contributed by atoms with Gasteiger partial charge >= 0.3 is 0 Å². The SMILES string of the molecule is Cc1cc(C/C(=N\O)c2nonc2OCCNC(=O)c2ccccc2)ccc1F. The quantitative estimate of drug-likeness (QED) is 0.261. The number of amides is 1. The van der Waals surface area contributed by atoms with E-state index in [1.54, 1.807) is 43.3 Å². The summed E-state index contributed by atoms with van der Waals surface area (Å²) >= 11 is 0. The molecule has 0 spiro atoms. The van der Waals surface area contributed by atoms with Crippen molar-refractivity contribution in [2.45, 2.75) is 13.3 Å². The molecular formula is C20H19FN4O4. The number of carbonyl (C=O) groups is 1. The number of ether oxygens (including phenoxy) is 1. The van der Waals surface area contributed by atoms with E-state index in [0.29, 0.717) is 11.1 Å². The van der Waals surface area contributed by atoms with E-state index < -0.39 is 0 Å². The van der Waals surface area contributed by atoms with Crippen molar-refractivity contribution in [2.24, 2.45) is 5.16 Å². The third-order valence-electron chi connectivity index (χ3n) is 4.11. The topological polar surface area (TPSA) is 110 Å². The lowest BCUT2D eigenvalue weighted by molar-refractivity contribution is 0.0946. The van der Waals surface area contributed by atoms with Crippen LogP contribution in [0, 0.1) is 12.7 Å². The maximum absolute atomic E-state index is 13.4. The van der Waals surface area contributed by atoms with Gasteiger partial charge in [0.1, 0.15) is 18.1 Å². The third-order valence-corrected chi connectivity index (χ3v) is 4.11. The number of carbonyl (C=O) groups excluding carboxylic acids is 1. The van der Waals surface area contributed by atoms with E-state index in [4.69, 9.17) is 9.37 Å².